The Labute approximate surface area is 90.1 Å². The lowest BCUT2D eigenvalue weighted by atomic mass is 10.3. The van der Waals surface area contributed by atoms with Crippen molar-refractivity contribution >= 4 is 0 Å². The molecule has 1 aromatic rings. The van der Waals surface area contributed by atoms with Gasteiger partial charge in [0, 0.05) is 37.1 Å². The van der Waals surface area contributed by atoms with Crippen LogP contribution in [0.4, 0.5) is 0 Å². The molecule has 0 N–H and O–H groups in total. The van der Waals surface area contributed by atoms with E-state index >= 15 is 0 Å². The Kier molecular flexibility index (Phi) is 3.72. The molecule has 1 fully saturated rings. The normalized spacial score (nSPS) is 16.8. The third kappa shape index (κ3) is 3.35. The molecule has 1 aromatic heterocycles. The van der Waals surface area contributed by atoms with Crippen molar-refractivity contribution in [2.45, 2.75) is 0 Å². The Balaban J connectivity index is 1.84. The van der Waals surface area contributed by atoms with Crippen molar-refractivity contribution in [2.24, 2.45) is 0 Å². The Hall–Kier alpha value is -1.37. The molecule has 0 spiro atoms. The minimum absolute atomic E-state index is 0.804. The van der Waals surface area contributed by atoms with E-state index in [1.165, 1.54) is 0 Å². The summed E-state index contributed by atoms with van der Waals surface area (Å²) in [5.41, 5.74) is 0.922. The lowest BCUT2D eigenvalue weighted by Crippen LogP contribution is -2.36. The third-order valence-electron chi connectivity index (χ3n) is 2.24. The minimum atomic E-state index is 0.804. The number of hydrogen-bond acceptors (Lipinski definition) is 3. The lowest BCUT2D eigenvalue weighted by Gasteiger charge is -2.24. The maximum Gasteiger partial charge on any atom is 0.0606 e. The predicted molar refractivity (Wildman–Crippen MR) is 57.2 cm³/mol. The standard InChI is InChI=1S/C12H13N2O/c1-3-12(11-13-5-1)4-2-6-14-7-9-15-10-8-14/h3,5,11H,6-10H2. The van der Waals surface area contributed by atoms with Crippen molar-refractivity contribution in [1.29, 1.82) is 0 Å². The number of hydrogen-bond donors (Lipinski definition) is 0. The van der Waals surface area contributed by atoms with Gasteiger partial charge in [0.1, 0.15) is 0 Å². The van der Waals surface area contributed by atoms with Crippen LogP contribution in [-0.4, -0.2) is 42.7 Å². The summed E-state index contributed by atoms with van der Waals surface area (Å²) < 4.78 is 5.26. The van der Waals surface area contributed by atoms with E-state index < -0.39 is 0 Å². The van der Waals surface area contributed by atoms with E-state index in [4.69, 9.17) is 4.74 Å². The molecule has 0 saturated carbocycles. The molecule has 0 unspecified atom stereocenters. The second-order valence-electron chi connectivity index (χ2n) is 3.36. The number of pyridine rings is 1. The number of morpholine rings is 1. The van der Waals surface area contributed by atoms with E-state index in [-0.39, 0.29) is 0 Å². The van der Waals surface area contributed by atoms with Gasteiger partial charge in [0.15, 0.2) is 0 Å². The molecule has 2 heterocycles. The predicted octanol–water partition coefficient (Wildman–Crippen LogP) is 0.565. The first-order chi connectivity index (χ1) is 7.45. The van der Waals surface area contributed by atoms with Crippen LogP contribution >= 0.6 is 0 Å². The number of nitrogens with zero attached hydrogens (tertiary/aromatic N) is 2. The van der Waals surface area contributed by atoms with Gasteiger partial charge in [-0.05, 0) is 6.07 Å². The molecule has 2 rings (SSSR count). The monoisotopic (exact) mass is 201 g/mol. The minimum Gasteiger partial charge on any atom is -0.379 e. The molecule has 1 aliphatic heterocycles. The molecule has 0 bridgehead atoms. The van der Waals surface area contributed by atoms with Crippen molar-refractivity contribution in [3.8, 4) is 11.8 Å². The van der Waals surface area contributed by atoms with E-state index in [0.29, 0.717) is 0 Å². The zero-order valence-corrected chi connectivity index (χ0v) is 8.57. The van der Waals surface area contributed by atoms with E-state index in [1.807, 2.05) is 6.07 Å². The molecule has 3 heteroatoms. The summed E-state index contributed by atoms with van der Waals surface area (Å²) in [6.07, 6.45) is 3.38. The smallest absolute Gasteiger partial charge is 0.0606 e. The average molecular weight is 201 g/mol. The number of rotatable bonds is 1. The van der Waals surface area contributed by atoms with E-state index in [0.717, 1.165) is 38.4 Å². The van der Waals surface area contributed by atoms with Crippen LogP contribution in [-0.2, 0) is 4.74 Å². The zero-order valence-electron chi connectivity index (χ0n) is 8.57. The van der Waals surface area contributed by atoms with Crippen LogP contribution in [0.15, 0.2) is 18.5 Å². The van der Waals surface area contributed by atoms with E-state index in [9.17, 15) is 0 Å². The molecule has 0 aliphatic carbocycles. The van der Waals surface area contributed by atoms with Crippen LogP contribution < -0.4 is 0 Å². The second-order valence-corrected chi connectivity index (χ2v) is 3.36. The summed E-state index contributed by atoms with van der Waals surface area (Å²) in [6, 6.07) is 4.75. The van der Waals surface area contributed by atoms with Crippen molar-refractivity contribution < 1.29 is 4.74 Å². The topological polar surface area (TPSA) is 25.4 Å². The summed E-state index contributed by atoms with van der Waals surface area (Å²) in [6.45, 7) is 4.41. The zero-order chi connectivity index (χ0) is 10.3. The molecule has 3 nitrogen and oxygen atoms in total. The largest absolute Gasteiger partial charge is 0.379 e. The highest BCUT2D eigenvalue weighted by molar-refractivity contribution is 5.30. The molecule has 1 saturated heterocycles. The van der Waals surface area contributed by atoms with E-state index in [2.05, 4.69) is 27.8 Å². The molecular weight excluding hydrogens is 188 g/mol. The highest BCUT2D eigenvalue weighted by Crippen LogP contribution is 1.95. The van der Waals surface area contributed by atoms with Gasteiger partial charge in [0.25, 0.3) is 0 Å². The summed E-state index contributed by atoms with van der Waals surface area (Å²) >= 11 is 0. The van der Waals surface area contributed by atoms with Crippen LogP contribution in [0.5, 0.6) is 0 Å². The van der Waals surface area contributed by atoms with Gasteiger partial charge in [0.05, 0.1) is 19.8 Å². The molecule has 0 amide bonds. The van der Waals surface area contributed by atoms with Gasteiger partial charge in [-0.15, -0.1) is 0 Å². The maximum absolute atomic E-state index is 5.26. The molecule has 1 radical (unpaired) electrons. The van der Waals surface area contributed by atoms with Crippen LogP contribution in [0.3, 0.4) is 0 Å². The van der Waals surface area contributed by atoms with Crippen LogP contribution in [0.2, 0.25) is 0 Å². The Morgan fingerprint density at radius 2 is 2.33 bits per heavy atom. The Morgan fingerprint density at radius 1 is 1.47 bits per heavy atom. The Morgan fingerprint density at radius 3 is 3.07 bits per heavy atom. The fourth-order valence-corrected chi connectivity index (χ4v) is 1.41. The summed E-state index contributed by atoms with van der Waals surface area (Å²) in [7, 11) is 0. The quantitative estimate of drug-likeness (QED) is 0.621. The first-order valence-corrected chi connectivity index (χ1v) is 5.05. The van der Waals surface area contributed by atoms with Gasteiger partial charge >= 0.3 is 0 Å². The molecule has 0 aromatic carbocycles. The van der Waals surface area contributed by atoms with Gasteiger partial charge in [-0.2, -0.15) is 0 Å². The second kappa shape index (κ2) is 5.50. The third-order valence-corrected chi connectivity index (χ3v) is 2.24. The highest BCUT2D eigenvalue weighted by atomic mass is 16.5. The molecular formula is C12H13N2O. The fraction of sp³-hybridized carbons (Fsp3) is 0.417. The number of aromatic nitrogens is 1. The number of ether oxygens (including phenoxy) is 1. The molecule has 0 atom stereocenters. The van der Waals surface area contributed by atoms with Gasteiger partial charge in [-0.3, -0.25) is 9.88 Å². The molecule has 77 valence electrons. The van der Waals surface area contributed by atoms with Gasteiger partial charge in [0.2, 0.25) is 0 Å². The fourth-order valence-electron chi connectivity index (χ4n) is 1.41. The van der Waals surface area contributed by atoms with Crippen molar-refractivity contribution in [3.63, 3.8) is 0 Å². The Bertz CT molecular complexity index is 347. The first kappa shape index (κ1) is 10.2. The van der Waals surface area contributed by atoms with Gasteiger partial charge in [-0.25, -0.2) is 0 Å². The van der Waals surface area contributed by atoms with Crippen LogP contribution in [0, 0.1) is 17.9 Å². The van der Waals surface area contributed by atoms with Crippen molar-refractivity contribution in [2.75, 3.05) is 32.8 Å². The average Bonchev–Trinajstić information content (AvgIpc) is 2.32. The van der Waals surface area contributed by atoms with Gasteiger partial charge in [-0.1, -0.05) is 11.8 Å². The van der Waals surface area contributed by atoms with Crippen molar-refractivity contribution in [1.82, 2.24) is 9.88 Å². The summed E-state index contributed by atoms with van der Waals surface area (Å²) in [4.78, 5) is 6.25. The van der Waals surface area contributed by atoms with Crippen molar-refractivity contribution in [3.05, 3.63) is 30.1 Å². The van der Waals surface area contributed by atoms with Gasteiger partial charge < -0.3 is 4.74 Å². The molecule has 15 heavy (non-hydrogen) atoms. The lowest BCUT2D eigenvalue weighted by molar-refractivity contribution is 0.0443. The van der Waals surface area contributed by atoms with E-state index in [1.54, 1.807) is 12.4 Å². The summed E-state index contributed by atoms with van der Waals surface area (Å²) in [5, 5.41) is 0. The highest BCUT2D eigenvalue weighted by Gasteiger charge is 2.07. The molecule has 1 aliphatic rings. The SMILES string of the molecule is C(#Cc1c[c]cnc1)CN1CCOCC1. The van der Waals surface area contributed by atoms with Crippen LogP contribution in [0.25, 0.3) is 0 Å². The van der Waals surface area contributed by atoms with Crippen LogP contribution in [0.1, 0.15) is 5.56 Å². The first-order valence-electron chi connectivity index (χ1n) is 5.05. The maximum atomic E-state index is 5.26. The summed E-state index contributed by atoms with van der Waals surface area (Å²) in [5.74, 6) is 6.20.